The lowest BCUT2D eigenvalue weighted by molar-refractivity contribution is -0.130. The number of hydrogen-bond donors (Lipinski definition) is 0. The fraction of sp³-hybridized carbons (Fsp3) is 0.867. The highest BCUT2D eigenvalue weighted by Gasteiger charge is 2.37. The van der Waals surface area contributed by atoms with Gasteiger partial charge in [0.1, 0.15) is 5.60 Å². The van der Waals surface area contributed by atoms with Crippen LogP contribution in [0.15, 0.2) is 0 Å². The van der Waals surface area contributed by atoms with E-state index < -0.39 is 5.60 Å². The number of carbonyl (C=O) groups is 2. The van der Waals surface area contributed by atoms with Gasteiger partial charge in [-0.15, -0.1) is 0 Å². The first-order valence-electron chi connectivity index (χ1n) is 7.63. The average molecular weight is 361 g/mol. The van der Waals surface area contributed by atoms with Crippen LogP contribution in [0.2, 0.25) is 0 Å². The lowest BCUT2D eigenvalue weighted by Crippen LogP contribution is -2.51. The molecule has 0 aromatic carbocycles. The van der Waals surface area contributed by atoms with Crippen LogP contribution in [0.5, 0.6) is 0 Å². The maximum atomic E-state index is 12.2. The standard InChI is InChI=1S/C15H25BrN2O3/c1-15(2,3)21-14(20)17-6-4-5-12(10-17)18-9-11(8-16)7-13(18)19/h11-12H,4-10H2,1-3H3/t11?,12-/m1/s1. The molecule has 2 atom stereocenters. The summed E-state index contributed by atoms with van der Waals surface area (Å²) < 4.78 is 5.43. The number of amides is 2. The van der Waals surface area contributed by atoms with Crippen molar-refractivity contribution < 1.29 is 14.3 Å². The molecule has 0 saturated carbocycles. The third-order valence-corrected chi connectivity index (χ3v) is 4.86. The van der Waals surface area contributed by atoms with Crippen molar-refractivity contribution in [2.75, 3.05) is 25.0 Å². The molecule has 0 spiro atoms. The summed E-state index contributed by atoms with van der Waals surface area (Å²) in [4.78, 5) is 28.0. The van der Waals surface area contributed by atoms with Crippen LogP contribution < -0.4 is 0 Å². The highest BCUT2D eigenvalue weighted by Crippen LogP contribution is 2.26. The van der Waals surface area contributed by atoms with Crippen LogP contribution in [-0.4, -0.2) is 58.4 Å². The minimum Gasteiger partial charge on any atom is -0.444 e. The SMILES string of the molecule is CC(C)(C)OC(=O)N1CCC[C@@H](N2CC(CBr)CC2=O)C1. The highest BCUT2D eigenvalue weighted by molar-refractivity contribution is 9.09. The first-order chi connectivity index (χ1) is 9.80. The van der Waals surface area contributed by atoms with E-state index in [1.165, 1.54) is 0 Å². The number of halogens is 1. The monoisotopic (exact) mass is 360 g/mol. The van der Waals surface area contributed by atoms with Crippen molar-refractivity contribution in [3.8, 4) is 0 Å². The fourth-order valence-electron chi connectivity index (χ4n) is 2.97. The molecule has 0 radical (unpaired) electrons. The first-order valence-corrected chi connectivity index (χ1v) is 8.75. The normalized spacial score (nSPS) is 27.1. The van der Waals surface area contributed by atoms with Crippen LogP contribution in [0.4, 0.5) is 4.79 Å². The van der Waals surface area contributed by atoms with Gasteiger partial charge in [0.05, 0.1) is 0 Å². The Kier molecular flexibility index (Phi) is 5.17. The van der Waals surface area contributed by atoms with Gasteiger partial charge in [0.25, 0.3) is 0 Å². The molecule has 2 fully saturated rings. The molecule has 2 heterocycles. The van der Waals surface area contributed by atoms with Crippen molar-refractivity contribution >= 4 is 27.9 Å². The van der Waals surface area contributed by atoms with Crippen molar-refractivity contribution in [1.82, 2.24) is 9.80 Å². The second kappa shape index (κ2) is 6.55. The van der Waals surface area contributed by atoms with Crippen LogP contribution in [0.1, 0.15) is 40.0 Å². The van der Waals surface area contributed by atoms with Gasteiger partial charge in [0.15, 0.2) is 0 Å². The maximum Gasteiger partial charge on any atom is 0.410 e. The van der Waals surface area contributed by atoms with Crippen LogP contribution in [0, 0.1) is 5.92 Å². The summed E-state index contributed by atoms with van der Waals surface area (Å²) in [7, 11) is 0. The number of alkyl halides is 1. The van der Waals surface area contributed by atoms with Crippen molar-refractivity contribution in [3.63, 3.8) is 0 Å². The molecule has 0 aliphatic carbocycles. The van der Waals surface area contributed by atoms with Gasteiger partial charge in [-0.25, -0.2) is 4.79 Å². The molecule has 0 N–H and O–H groups in total. The summed E-state index contributed by atoms with van der Waals surface area (Å²) >= 11 is 3.46. The van der Waals surface area contributed by atoms with Crippen molar-refractivity contribution in [3.05, 3.63) is 0 Å². The lowest BCUT2D eigenvalue weighted by atomic mass is 10.0. The minimum atomic E-state index is -0.478. The zero-order chi connectivity index (χ0) is 15.6. The van der Waals surface area contributed by atoms with Gasteiger partial charge in [-0.1, -0.05) is 15.9 Å². The maximum absolute atomic E-state index is 12.2. The van der Waals surface area contributed by atoms with Crippen LogP contribution >= 0.6 is 15.9 Å². The molecule has 0 bridgehead atoms. The second-order valence-electron chi connectivity index (χ2n) is 6.99. The van der Waals surface area contributed by atoms with E-state index in [0.29, 0.717) is 18.9 Å². The number of piperidine rings is 1. The zero-order valence-corrected chi connectivity index (χ0v) is 14.7. The molecule has 2 rings (SSSR count). The quantitative estimate of drug-likeness (QED) is 0.711. The molecule has 2 aliphatic heterocycles. The van der Waals surface area contributed by atoms with Gasteiger partial charge in [-0.2, -0.15) is 0 Å². The third-order valence-electron chi connectivity index (χ3n) is 3.95. The molecule has 1 unspecified atom stereocenters. The van der Waals surface area contributed by atoms with Gasteiger partial charge in [0, 0.05) is 37.4 Å². The summed E-state index contributed by atoms with van der Waals surface area (Å²) in [5.74, 6) is 0.616. The number of hydrogen-bond acceptors (Lipinski definition) is 3. The number of carbonyl (C=O) groups excluding carboxylic acids is 2. The van der Waals surface area contributed by atoms with E-state index >= 15 is 0 Å². The number of likely N-dealkylation sites (tertiary alicyclic amines) is 2. The summed E-state index contributed by atoms with van der Waals surface area (Å²) in [6, 6.07) is 0.141. The van der Waals surface area contributed by atoms with Gasteiger partial charge < -0.3 is 14.5 Å². The number of nitrogens with zero attached hydrogens (tertiary/aromatic N) is 2. The van der Waals surface area contributed by atoms with Crippen molar-refractivity contribution in [2.24, 2.45) is 5.92 Å². The molecule has 21 heavy (non-hydrogen) atoms. The summed E-state index contributed by atoms with van der Waals surface area (Å²) in [6.07, 6.45) is 2.25. The predicted molar refractivity (Wildman–Crippen MR) is 84.4 cm³/mol. The molecule has 0 aromatic rings. The molecule has 2 amide bonds. The smallest absolute Gasteiger partial charge is 0.410 e. The van der Waals surface area contributed by atoms with E-state index in [1.807, 2.05) is 25.7 Å². The molecule has 5 nitrogen and oxygen atoms in total. The second-order valence-corrected chi connectivity index (χ2v) is 7.64. The first kappa shape index (κ1) is 16.6. The predicted octanol–water partition coefficient (Wildman–Crippen LogP) is 2.63. The van der Waals surface area contributed by atoms with Gasteiger partial charge in [-0.05, 0) is 39.5 Å². The van der Waals surface area contributed by atoms with E-state index in [1.54, 1.807) is 4.90 Å². The van der Waals surface area contributed by atoms with Gasteiger partial charge in [-0.3, -0.25) is 4.79 Å². The van der Waals surface area contributed by atoms with Crippen LogP contribution in [0.3, 0.4) is 0 Å². The molecule has 120 valence electrons. The van der Waals surface area contributed by atoms with E-state index in [4.69, 9.17) is 4.74 Å². The Morgan fingerprint density at radius 3 is 2.67 bits per heavy atom. The topological polar surface area (TPSA) is 49.9 Å². The van der Waals surface area contributed by atoms with Crippen LogP contribution in [-0.2, 0) is 9.53 Å². The molecule has 2 saturated heterocycles. The Labute approximate surface area is 135 Å². The summed E-state index contributed by atoms with van der Waals surface area (Å²) in [6.45, 7) is 7.73. The largest absolute Gasteiger partial charge is 0.444 e. The lowest BCUT2D eigenvalue weighted by Gasteiger charge is -2.38. The zero-order valence-electron chi connectivity index (χ0n) is 13.1. The Morgan fingerprint density at radius 1 is 1.38 bits per heavy atom. The fourth-order valence-corrected chi connectivity index (χ4v) is 3.40. The average Bonchev–Trinajstić information content (AvgIpc) is 2.78. The van der Waals surface area contributed by atoms with Crippen molar-refractivity contribution in [1.29, 1.82) is 0 Å². The van der Waals surface area contributed by atoms with Gasteiger partial charge >= 0.3 is 6.09 Å². The highest BCUT2D eigenvalue weighted by atomic mass is 79.9. The molecule has 0 aromatic heterocycles. The Balaban J connectivity index is 1.95. The molecule has 2 aliphatic rings. The Hall–Kier alpha value is -0.780. The minimum absolute atomic E-state index is 0.141. The third kappa shape index (κ3) is 4.34. The number of rotatable bonds is 2. The summed E-state index contributed by atoms with van der Waals surface area (Å²) in [5, 5.41) is 0.859. The Bertz CT molecular complexity index is 408. The van der Waals surface area contributed by atoms with Gasteiger partial charge in [0.2, 0.25) is 5.91 Å². The van der Waals surface area contributed by atoms with E-state index in [2.05, 4.69) is 15.9 Å². The molecule has 6 heteroatoms. The molecular formula is C15H25BrN2O3. The van der Waals surface area contributed by atoms with E-state index in [0.717, 1.165) is 31.3 Å². The van der Waals surface area contributed by atoms with E-state index in [-0.39, 0.29) is 18.0 Å². The van der Waals surface area contributed by atoms with E-state index in [9.17, 15) is 9.59 Å². The summed E-state index contributed by atoms with van der Waals surface area (Å²) in [5.41, 5.74) is -0.478. The number of ether oxygens (including phenoxy) is 1. The molecular weight excluding hydrogens is 336 g/mol. The van der Waals surface area contributed by atoms with Crippen molar-refractivity contribution in [2.45, 2.75) is 51.7 Å². The Morgan fingerprint density at radius 2 is 2.10 bits per heavy atom. The van der Waals surface area contributed by atoms with Crippen LogP contribution in [0.25, 0.3) is 0 Å².